The molecule has 2 aromatic carbocycles. The van der Waals surface area contributed by atoms with Crippen molar-refractivity contribution in [1.82, 2.24) is 4.90 Å². The van der Waals surface area contributed by atoms with Crippen molar-refractivity contribution >= 4 is 56.3 Å². The molecule has 1 fully saturated rings. The van der Waals surface area contributed by atoms with E-state index in [4.69, 9.17) is 17.3 Å². The van der Waals surface area contributed by atoms with Gasteiger partial charge in [0, 0.05) is 40.3 Å². The smallest absolute Gasteiger partial charge is 0.324 e. The minimum atomic E-state index is -0.498. The molecule has 3 aromatic rings. The van der Waals surface area contributed by atoms with Gasteiger partial charge in [-0.25, -0.2) is 4.79 Å². The van der Waals surface area contributed by atoms with Crippen LogP contribution in [0.15, 0.2) is 36.4 Å². The van der Waals surface area contributed by atoms with Gasteiger partial charge < -0.3 is 11.1 Å². The predicted molar refractivity (Wildman–Crippen MR) is 131 cm³/mol. The summed E-state index contributed by atoms with van der Waals surface area (Å²) in [5, 5.41) is 8.62. The number of nitrogens with one attached hydrogen (secondary N) is 2. The second kappa shape index (κ2) is 8.73. The number of nitrogens with two attached hydrogens (primary N) is 1. The minimum absolute atomic E-state index is 0.412. The van der Waals surface area contributed by atoms with Crippen LogP contribution in [0.4, 0.5) is 15.5 Å². The quantitative estimate of drug-likeness (QED) is 0.464. The molecule has 0 bridgehead atoms. The van der Waals surface area contributed by atoms with Crippen LogP contribution < -0.4 is 16.4 Å². The molecule has 0 saturated heterocycles. The monoisotopic (exact) mass is 468 g/mol. The third-order valence-corrected chi connectivity index (χ3v) is 7.93. The fourth-order valence-electron chi connectivity index (χ4n) is 4.63. The van der Waals surface area contributed by atoms with Crippen LogP contribution in [0.3, 0.4) is 0 Å². The number of fused-ring (bicyclic) bond motifs is 2. The Morgan fingerprint density at radius 1 is 1.12 bits per heavy atom. The van der Waals surface area contributed by atoms with Crippen molar-refractivity contribution in [3.63, 3.8) is 0 Å². The number of hydrogen-bond acceptors (Lipinski definition) is 4. The third kappa shape index (κ3) is 4.08. The summed E-state index contributed by atoms with van der Waals surface area (Å²) in [4.78, 5) is 28.7. The van der Waals surface area contributed by atoms with Gasteiger partial charge in [-0.15, -0.1) is 11.3 Å². The van der Waals surface area contributed by atoms with Crippen molar-refractivity contribution in [2.45, 2.75) is 32.2 Å². The zero-order valence-corrected chi connectivity index (χ0v) is 19.2. The van der Waals surface area contributed by atoms with E-state index in [-0.39, 0.29) is 0 Å². The molecule has 32 heavy (non-hydrogen) atoms. The van der Waals surface area contributed by atoms with E-state index in [0.717, 1.165) is 53.2 Å². The maximum absolute atomic E-state index is 12.8. The van der Waals surface area contributed by atoms with Crippen molar-refractivity contribution in [1.29, 1.82) is 0 Å². The van der Waals surface area contributed by atoms with Crippen molar-refractivity contribution in [2.24, 2.45) is 11.7 Å². The Balaban J connectivity index is 1.36. The van der Waals surface area contributed by atoms with Crippen molar-refractivity contribution in [3.8, 4) is 0 Å². The number of halogens is 1. The Morgan fingerprint density at radius 2 is 1.91 bits per heavy atom. The van der Waals surface area contributed by atoms with Gasteiger partial charge in [0.25, 0.3) is 5.91 Å². The number of hydrogen-bond donors (Lipinski definition) is 3. The van der Waals surface area contributed by atoms with Gasteiger partial charge in [0.15, 0.2) is 0 Å². The lowest BCUT2D eigenvalue weighted by Gasteiger charge is -2.34. The summed E-state index contributed by atoms with van der Waals surface area (Å²) >= 11 is 7.74. The van der Waals surface area contributed by atoms with Gasteiger partial charge in [0.2, 0.25) is 0 Å². The fourth-order valence-corrected chi connectivity index (χ4v) is 6.15. The van der Waals surface area contributed by atoms with E-state index >= 15 is 0 Å². The molecule has 0 atom stereocenters. The molecule has 1 saturated carbocycles. The Labute approximate surface area is 195 Å². The Bertz CT molecular complexity index is 1200. The van der Waals surface area contributed by atoms with Crippen molar-refractivity contribution in [3.05, 3.63) is 57.4 Å². The number of anilines is 2. The average Bonchev–Trinajstić information content (AvgIpc) is 3.10. The van der Waals surface area contributed by atoms with Crippen LogP contribution >= 0.6 is 22.9 Å². The molecule has 1 aliphatic heterocycles. The summed E-state index contributed by atoms with van der Waals surface area (Å²) in [5.41, 5.74) is 7.80. The number of amides is 3. The molecule has 4 N–H and O–H groups in total. The van der Waals surface area contributed by atoms with Gasteiger partial charge in [-0.05, 0) is 42.9 Å². The van der Waals surface area contributed by atoms with Crippen LogP contribution in [0.25, 0.3) is 10.8 Å². The van der Waals surface area contributed by atoms with Crippen LogP contribution in [0, 0.1) is 5.92 Å². The molecular formula is C24H25ClN4O2S. The number of thiophene rings is 1. The van der Waals surface area contributed by atoms with Gasteiger partial charge in [-0.1, -0.05) is 42.3 Å². The summed E-state index contributed by atoms with van der Waals surface area (Å²) in [6.07, 6.45) is 4.74. The molecular weight excluding hydrogens is 444 g/mol. The van der Waals surface area contributed by atoms with Crippen LogP contribution in [-0.4, -0.2) is 29.9 Å². The molecule has 0 unspecified atom stereocenters. The summed E-state index contributed by atoms with van der Waals surface area (Å²) < 4.78 is 0. The lowest BCUT2D eigenvalue weighted by Crippen LogP contribution is -2.36. The van der Waals surface area contributed by atoms with Gasteiger partial charge in [0.05, 0.1) is 11.3 Å². The maximum Gasteiger partial charge on any atom is 0.324 e. The number of rotatable bonds is 5. The SMILES string of the molecule is NC(=O)c1c(NC(=O)Nc2ccc(Cl)c3ccccc23)sc2c1CCN(CC1CCC1)C2. The van der Waals surface area contributed by atoms with E-state index in [2.05, 4.69) is 15.5 Å². The fraction of sp³-hybridized carbons (Fsp3) is 0.333. The summed E-state index contributed by atoms with van der Waals surface area (Å²) in [6.45, 7) is 2.83. The van der Waals surface area contributed by atoms with E-state index < -0.39 is 11.9 Å². The number of primary amides is 1. The number of carbonyl (C=O) groups is 2. The highest BCUT2D eigenvalue weighted by Crippen LogP contribution is 2.38. The average molecular weight is 469 g/mol. The summed E-state index contributed by atoms with van der Waals surface area (Å²) in [7, 11) is 0. The van der Waals surface area contributed by atoms with Crippen LogP contribution in [-0.2, 0) is 13.0 Å². The Kier molecular flexibility index (Phi) is 5.80. The molecule has 5 rings (SSSR count). The number of nitrogens with zero attached hydrogens (tertiary/aromatic N) is 1. The zero-order chi connectivity index (χ0) is 22.2. The molecule has 1 aliphatic carbocycles. The van der Waals surface area contributed by atoms with Crippen LogP contribution in [0.2, 0.25) is 5.02 Å². The molecule has 6 nitrogen and oxygen atoms in total. The molecule has 0 radical (unpaired) electrons. The number of benzene rings is 2. The highest BCUT2D eigenvalue weighted by molar-refractivity contribution is 7.17. The van der Waals surface area contributed by atoms with E-state index in [9.17, 15) is 9.59 Å². The maximum atomic E-state index is 12.8. The van der Waals surface area contributed by atoms with Gasteiger partial charge >= 0.3 is 6.03 Å². The normalized spacial score (nSPS) is 16.4. The first-order chi connectivity index (χ1) is 15.5. The van der Waals surface area contributed by atoms with Gasteiger partial charge in [-0.3, -0.25) is 15.0 Å². The van der Waals surface area contributed by atoms with Crippen molar-refractivity contribution in [2.75, 3.05) is 23.7 Å². The van der Waals surface area contributed by atoms with E-state index in [1.54, 1.807) is 12.1 Å². The third-order valence-electron chi connectivity index (χ3n) is 6.47. The van der Waals surface area contributed by atoms with Gasteiger partial charge in [-0.2, -0.15) is 0 Å². The van der Waals surface area contributed by atoms with Gasteiger partial charge in [0.1, 0.15) is 5.00 Å². The highest BCUT2D eigenvalue weighted by atomic mass is 35.5. The zero-order valence-electron chi connectivity index (χ0n) is 17.6. The first-order valence-electron chi connectivity index (χ1n) is 10.9. The summed E-state index contributed by atoms with van der Waals surface area (Å²) in [5.74, 6) is 0.298. The Hall–Kier alpha value is -2.61. The number of urea groups is 1. The lowest BCUT2D eigenvalue weighted by atomic mass is 9.85. The van der Waals surface area contributed by atoms with E-state index in [0.29, 0.717) is 21.3 Å². The minimum Gasteiger partial charge on any atom is -0.365 e. The topological polar surface area (TPSA) is 87.5 Å². The Morgan fingerprint density at radius 3 is 2.62 bits per heavy atom. The molecule has 3 amide bonds. The predicted octanol–water partition coefficient (Wildman–Crippen LogP) is 5.46. The largest absolute Gasteiger partial charge is 0.365 e. The molecule has 2 aliphatic rings. The number of carbonyl (C=O) groups excluding carboxylic acids is 2. The second-order valence-corrected chi connectivity index (χ2v) is 10.1. The first kappa shape index (κ1) is 21.2. The molecule has 166 valence electrons. The van der Waals surface area contributed by atoms with Crippen molar-refractivity contribution < 1.29 is 9.59 Å². The lowest BCUT2D eigenvalue weighted by molar-refractivity contribution is 0.0999. The first-order valence-corrected chi connectivity index (χ1v) is 12.1. The highest BCUT2D eigenvalue weighted by Gasteiger charge is 2.29. The van der Waals surface area contributed by atoms with E-state index in [1.165, 1.54) is 30.6 Å². The molecule has 2 heterocycles. The van der Waals surface area contributed by atoms with Crippen LogP contribution in [0.5, 0.6) is 0 Å². The van der Waals surface area contributed by atoms with E-state index in [1.807, 2.05) is 24.3 Å². The molecule has 1 aromatic heterocycles. The standard InChI is InChI=1S/C24H25ClN4O2S/c25-18-8-9-19(16-7-2-1-6-15(16)18)27-24(31)28-23-21(22(26)30)17-10-11-29(13-20(17)32-23)12-14-4-3-5-14/h1-2,6-9,14H,3-5,10-13H2,(H2,26,30)(H2,27,28,31). The molecule has 8 heteroatoms. The van der Waals surface area contributed by atoms with Crippen LogP contribution in [0.1, 0.15) is 40.1 Å². The summed E-state index contributed by atoms with van der Waals surface area (Å²) in [6, 6.07) is 10.7. The molecule has 0 spiro atoms. The second-order valence-electron chi connectivity index (χ2n) is 8.57.